The summed E-state index contributed by atoms with van der Waals surface area (Å²) in [6, 6.07) is 0. The first-order chi connectivity index (χ1) is 18.1. The first kappa shape index (κ1) is 35.7. The van der Waals surface area contributed by atoms with E-state index in [2.05, 4.69) is 19.1 Å². The summed E-state index contributed by atoms with van der Waals surface area (Å²) in [6.07, 6.45) is 35.1. The van der Waals surface area contributed by atoms with Gasteiger partial charge in [-0.25, -0.2) is 0 Å². The van der Waals surface area contributed by atoms with E-state index >= 15 is 0 Å². The number of rotatable bonds is 29. The average molecular weight is 523 g/mol. The second-order valence-corrected chi connectivity index (χ2v) is 11.0. The maximum absolute atomic E-state index is 12.0. The molecule has 0 aromatic rings. The average Bonchev–Trinajstić information content (AvgIpc) is 2.88. The van der Waals surface area contributed by atoms with Gasteiger partial charge in [-0.3, -0.25) is 9.59 Å². The predicted octanol–water partition coefficient (Wildman–Crippen LogP) is 10.6. The van der Waals surface area contributed by atoms with Crippen molar-refractivity contribution in [1.29, 1.82) is 0 Å². The lowest BCUT2D eigenvalue weighted by Crippen LogP contribution is -2.21. The quantitative estimate of drug-likeness (QED) is 0.0602. The molecule has 0 spiro atoms. The molecule has 0 fully saturated rings. The summed E-state index contributed by atoms with van der Waals surface area (Å²) in [5.41, 5.74) is 0. The van der Waals surface area contributed by atoms with Gasteiger partial charge in [0.2, 0.25) is 0 Å². The van der Waals surface area contributed by atoms with Crippen LogP contribution in [-0.4, -0.2) is 23.7 Å². The van der Waals surface area contributed by atoms with E-state index in [4.69, 9.17) is 9.84 Å². The molecular formula is C33H62O4. The van der Waals surface area contributed by atoms with Gasteiger partial charge in [0.15, 0.2) is 0 Å². The van der Waals surface area contributed by atoms with Crippen molar-refractivity contribution in [2.24, 2.45) is 5.92 Å². The molecule has 0 rings (SSSR count). The Morgan fingerprint density at radius 2 is 1.00 bits per heavy atom. The van der Waals surface area contributed by atoms with Crippen LogP contribution in [-0.2, 0) is 14.3 Å². The van der Waals surface area contributed by atoms with Crippen molar-refractivity contribution >= 4 is 11.9 Å². The highest BCUT2D eigenvalue weighted by molar-refractivity contribution is 5.79. The minimum atomic E-state index is -0.916. The maximum atomic E-state index is 12.0. The Kier molecular flexibility index (Phi) is 28.2. The van der Waals surface area contributed by atoms with Crippen molar-refractivity contribution < 1.29 is 19.4 Å². The lowest BCUT2D eigenvalue weighted by Gasteiger charge is -2.13. The number of carbonyl (C=O) groups is 2. The number of aliphatic carboxylic acids is 1. The van der Waals surface area contributed by atoms with Crippen molar-refractivity contribution in [2.75, 3.05) is 6.61 Å². The molecule has 0 bridgehead atoms. The van der Waals surface area contributed by atoms with Crippen LogP contribution in [0.1, 0.15) is 174 Å². The number of esters is 1. The van der Waals surface area contributed by atoms with Gasteiger partial charge in [-0.05, 0) is 32.1 Å². The summed E-state index contributed by atoms with van der Waals surface area (Å²) in [4.78, 5) is 23.0. The van der Waals surface area contributed by atoms with Crippen molar-refractivity contribution in [2.45, 2.75) is 174 Å². The molecule has 1 N–H and O–H groups in total. The first-order valence-corrected chi connectivity index (χ1v) is 16.1. The van der Waals surface area contributed by atoms with Crippen LogP contribution in [0, 0.1) is 5.92 Å². The lowest BCUT2D eigenvalue weighted by molar-refractivity contribution is -0.153. The molecule has 218 valence electrons. The minimum absolute atomic E-state index is 0.111. The Morgan fingerprint density at radius 1 is 0.595 bits per heavy atom. The third-order valence-electron chi connectivity index (χ3n) is 7.25. The van der Waals surface area contributed by atoms with Gasteiger partial charge in [0.1, 0.15) is 0 Å². The van der Waals surface area contributed by atoms with Crippen LogP contribution in [0.4, 0.5) is 0 Å². The van der Waals surface area contributed by atoms with E-state index in [-0.39, 0.29) is 12.4 Å². The van der Waals surface area contributed by atoms with E-state index in [1.807, 2.05) is 6.92 Å². The van der Waals surface area contributed by atoms with E-state index in [1.165, 1.54) is 128 Å². The molecule has 0 saturated carbocycles. The van der Waals surface area contributed by atoms with Gasteiger partial charge in [-0.2, -0.15) is 0 Å². The van der Waals surface area contributed by atoms with Crippen molar-refractivity contribution in [3.05, 3.63) is 12.2 Å². The number of hydrogen-bond acceptors (Lipinski definition) is 3. The van der Waals surface area contributed by atoms with E-state index in [0.717, 1.165) is 19.3 Å². The largest absolute Gasteiger partial charge is 0.481 e. The number of hydrogen-bond donors (Lipinski definition) is 1. The summed E-state index contributed by atoms with van der Waals surface area (Å²) < 4.78 is 5.16. The fraction of sp³-hybridized carbons (Fsp3) is 0.879. The number of allylic oxidation sites excluding steroid dienone is 2. The predicted molar refractivity (Wildman–Crippen MR) is 158 cm³/mol. The Morgan fingerprint density at radius 3 is 1.41 bits per heavy atom. The van der Waals surface area contributed by atoms with E-state index in [1.54, 1.807) is 0 Å². The third-order valence-corrected chi connectivity index (χ3v) is 7.25. The van der Waals surface area contributed by atoms with Gasteiger partial charge in [-0.1, -0.05) is 148 Å². The first-order valence-electron chi connectivity index (χ1n) is 16.1. The number of carbonyl (C=O) groups excluding carboxylic acids is 1. The van der Waals surface area contributed by atoms with Crippen molar-refractivity contribution in [3.8, 4) is 0 Å². The second-order valence-electron chi connectivity index (χ2n) is 11.0. The molecule has 1 atom stereocenters. The van der Waals surface area contributed by atoms with E-state index in [9.17, 15) is 9.59 Å². The molecule has 0 aliphatic rings. The Balaban J connectivity index is 3.34. The molecule has 0 aliphatic carbocycles. The fourth-order valence-corrected chi connectivity index (χ4v) is 4.90. The number of unbranched alkanes of at least 4 members (excludes halogenated alkanes) is 20. The SMILES string of the molecule is CCC/C=C/CCCCCCCCCCCCCCCCCCCCCC(CC(=O)O)C(=O)OCCC. The standard InChI is InChI=1S/C33H62O4/c1-3-5-6-7-8-9-10-11-12-13-14-15-16-17-18-19-20-21-22-23-24-25-26-27-28-31(30-32(34)35)33(36)37-29-4-2/h6-7,31H,3-5,8-30H2,1-2H3,(H,34,35)/b7-6+. The maximum Gasteiger partial charge on any atom is 0.309 e. The summed E-state index contributed by atoms with van der Waals surface area (Å²) in [7, 11) is 0. The number of ether oxygens (including phenoxy) is 1. The molecule has 0 radical (unpaired) electrons. The Bertz CT molecular complexity index is 528. The van der Waals surface area contributed by atoms with Crippen LogP contribution in [0.3, 0.4) is 0 Å². The highest BCUT2D eigenvalue weighted by Gasteiger charge is 2.22. The normalized spacial score (nSPS) is 12.3. The number of carboxylic acids is 1. The Hall–Kier alpha value is -1.32. The van der Waals surface area contributed by atoms with Gasteiger partial charge in [0.05, 0.1) is 18.9 Å². The smallest absolute Gasteiger partial charge is 0.309 e. The molecule has 0 amide bonds. The van der Waals surface area contributed by atoms with Gasteiger partial charge in [0, 0.05) is 0 Å². The highest BCUT2D eigenvalue weighted by Crippen LogP contribution is 2.18. The molecule has 37 heavy (non-hydrogen) atoms. The monoisotopic (exact) mass is 522 g/mol. The van der Waals surface area contributed by atoms with Gasteiger partial charge in [0.25, 0.3) is 0 Å². The van der Waals surface area contributed by atoms with Crippen LogP contribution < -0.4 is 0 Å². The summed E-state index contributed by atoms with van der Waals surface area (Å²) in [5.74, 6) is -1.74. The fourth-order valence-electron chi connectivity index (χ4n) is 4.90. The van der Waals surface area contributed by atoms with Crippen LogP contribution >= 0.6 is 0 Å². The molecule has 4 nitrogen and oxygen atoms in total. The second kappa shape index (κ2) is 29.2. The molecule has 4 heteroatoms. The van der Waals surface area contributed by atoms with Crippen molar-refractivity contribution in [1.82, 2.24) is 0 Å². The summed E-state index contributed by atoms with van der Waals surface area (Å²) in [5, 5.41) is 9.04. The topological polar surface area (TPSA) is 63.6 Å². The molecule has 1 unspecified atom stereocenters. The van der Waals surface area contributed by atoms with E-state index < -0.39 is 11.9 Å². The van der Waals surface area contributed by atoms with Crippen molar-refractivity contribution in [3.63, 3.8) is 0 Å². The molecule has 0 saturated heterocycles. The van der Waals surface area contributed by atoms with E-state index in [0.29, 0.717) is 13.0 Å². The molecule has 0 aromatic heterocycles. The van der Waals surface area contributed by atoms with Gasteiger partial charge >= 0.3 is 11.9 Å². The summed E-state index contributed by atoms with van der Waals surface area (Å²) in [6.45, 7) is 4.56. The van der Waals surface area contributed by atoms with Gasteiger partial charge < -0.3 is 9.84 Å². The summed E-state index contributed by atoms with van der Waals surface area (Å²) >= 11 is 0. The van der Waals surface area contributed by atoms with Gasteiger partial charge in [-0.15, -0.1) is 0 Å². The van der Waals surface area contributed by atoms with Crippen LogP contribution in [0.25, 0.3) is 0 Å². The lowest BCUT2D eigenvalue weighted by atomic mass is 9.97. The zero-order chi connectivity index (χ0) is 27.2. The molecule has 0 aliphatic heterocycles. The van der Waals surface area contributed by atoms with Crippen LogP contribution in [0.5, 0.6) is 0 Å². The zero-order valence-electron chi connectivity index (χ0n) is 24.8. The molecular weight excluding hydrogens is 460 g/mol. The van der Waals surface area contributed by atoms with Crippen LogP contribution in [0.2, 0.25) is 0 Å². The highest BCUT2D eigenvalue weighted by atomic mass is 16.5. The molecule has 0 aromatic carbocycles. The Labute approximate surface area is 230 Å². The van der Waals surface area contributed by atoms with Crippen LogP contribution in [0.15, 0.2) is 12.2 Å². The molecule has 0 heterocycles. The number of carboxylic acid groups (broad SMARTS) is 1. The third kappa shape index (κ3) is 27.5. The zero-order valence-corrected chi connectivity index (χ0v) is 24.8. The minimum Gasteiger partial charge on any atom is -0.481 e.